The van der Waals surface area contributed by atoms with Gasteiger partial charge >= 0.3 is 0 Å². The molecule has 2 heterocycles. The zero-order valence-corrected chi connectivity index (χ0v) is 18.9. The van der Waals surface area contributed by atoms with Crippen molar-refractivity contribution in [3.63, 3.8) is 0 Å². The Balaban J connectivity index is 1.56. The fourth-order valence-electron chi connectivity index (χ4n) is 3.04. The van der Waals surface area contributed by atoms with Crippen LogP contribution in [0.5, 0.6) is 0 Å². The molecular weight excluding hydrogens is 464 g/mol. The summed E-state index contributed by atoms with van der Waals surface area (Å²) in [6, 6.07) is 15.7. The number of nitrogens with one attached hydrogen (secondary N) is 1. The van der Waals surface area contributed by atoms with Crippen LogP contribution in [-0.2, 0) is 4.79 Å². The van der Waals surface area contributed by atoms with Crippen molar-refractivity contribution in [3.05, 3.63) is 87.7 Å². The highest BCUT2D eigenvalue weighted by Gasteiger charge is 2.18. The third-order valence-electron chi connectivity index (χ3n) is 4.62. The highest BCUT2D eigenvalue weighted by molar-refractivity contribution is 7.99. The van der Waals surface area contributed by atoms with Gasteiger partial charge in [-0.25, -0.2) is 0 Å². The largest absolute Gasteiger partial charge is 0.325 e. The maximum absolute atomic E-state index is 12.5. The minimum atomic E-state index is -0.600. The van der Waals surface area contributed by atoms with E-state index in [0.717, 1.165) is 16.8 Å². The fourth-order valence-corrected chi connectivity index (χ4v) is 3.97. The third kappa shape index (κ3) is 5.18. The number of carbonyl (C=O) groups is 1. The van der Waals surface area contributed by atoms with Crippen molar-refractivity contribution in [2.45, 2.75) is 12.1 Å². The molecule has 1 amide bonds. The molecule has 2 aromatic carbocycles. The smallest absolute Gasteiger partial charge is 0.289 e. The molecule has 0 aliphatic carbocycles. The summed E-state index contributed by atoms with van der Waals surface area (Å²) in [4.78, 5) is 27.0. The maximum atomic E-state index is 12.5. The molecule has 2 aromatic heterocycles. The van der Waals surface area contributed by atoms with Crippen molar-refractivity contribution < 1.29 is 9.72 Å². The standard InChI is InChI=1S/C22H17ClN6O3S/c1-14-2-5-17(6-3-14)28-21(15-8-10-24-11-9-15)26-27-22(28)33-13-20(30)25-16-4-7-18(23)19(12-16)29(31)32/h2-12H,13H2,1H3,(H,25,30). The Morgan fingerprint density at radius 3 is 2.55 bits per heavy atom. The number of nitrogens with zero attached hydrogens (tertiary/aromatic N) is 5. The summed E-state index contributed by atoms with van der Waals surface area (Å²) in [5.74, 6) is 0.301. The zero-order chi connectivity index (χ0) is 23.4. The van der Waals surface area contributed by atoms with E-state index in [0.29, 0.717) is 11.0 Å². The predicted molar refractivity (Wildman–Crippen MR) is 127 cm³/mol. The number of aryl methyl sites for hydroxylation is 1. The Hall–Kier alpha value is -3.76. The van der Waals surface area contributed by atoms with Gasteiger partial charge in [-0.3, -0.25) is 24.5 Å². The predicted octanol–water partition coefficient (Wildman–Crippen LogP) is 4.93. The van der Waals surface area contributed by atoms with Gasteiger partial charge in [-0.2, -0.15) is 0 Å². The molecule has 0 aliphatic rings. The summed E-state index contributed by atoms with van der Waals surface area (Å²) in [6.07, 6.45) is 3.35. The van der Waals surface area contributed by atoms with Crippen LogP contribution in [0.15, 0.2) is 72.1 Å². The maximum Gasteiger partial charge on any atom is 0.289 e. The van der Waals surface area contributed by atoms with Gasteiger partial charge in [-0.15, -0.1) is 10.2 Å². The van der Waals surface area contributed by atoms with Crippen molar-refractivity contribution in [3.8, 4) is 17.1 Å². The summed E-state index contributed by atoms with van der Waals surface area (Å²) in [5.41, 5.74) is 2.82. The summed E-state index contributed by atoms with van der Waals surface area (Å²) in [7, 11) is 0. The molecule has 4 rings (SSSR count). The first kappa shape index (κ1) is 22.4. The molecule has 0 aliphatic heterocycles. The van der Waals surface area contributed by atoms with Gasteiger partial charge in [0.2, 0.25) is 5.91 Å². The molecule has 166 valence electrons. The van der Waals surface area contributed by atoms with Crippen LogP contribution < -0.4 is 5.32 Å². The zero-order valence-electron chi connectivity index (χ0n) is 17.3. The number of amides is 1. The second kappa shape index (κ2) is 9.80. The lowest BCUT2D eigenvalue weighted by atomic mass is 10.2. The van der Waals surface area contributed by atoms with E-state index in [-0.39, 0.29) is 28.1 Å². The van der Waals surface area contributed by atoms with E-state index in [2.05, 4.69) is 20.5 Å². The number of pyridine rings is 1. The fraction of sp³-hybridized carbons (Fsp3) is 0.0909. The Kier molecular flexibility index (Phi) is 6.66. The van der Waals surface area contributed by atoms with Gasteiger partial charge in [-0.05, 0) is 43.3 Å². The molecule has 0 unspecified atom stereocenters. The number of hydrogen-bond acceptors (Lipinski definition) is 7. The number of benzene rings is 2. The van der Waals surface area contributed by atoms with Crippen molar-refractivity contribution in [1.82, 2.24) is 19.7 Å². The summed E-state index contributed by atoms with van der Waals surface area (Å²) >= 11 is 7.03. The van der Waals surface area contributed by atoms with Crippen LogP contribution in [-0.4, -0.2) is 36.3 Å². The Labute approximate surface area is 198 Å². The first-order chi connectivity index (χ1) is 15.9. The van der Waals surface area contributed by atoms with E-state index in [1.54, 1.807) is 12.4 Å². The van der Waals surface area contributed by atoms with Crippen molar-refractivity contribution in [2.24, 2.45) is 0 Å². The quantitative estimate of drug-likeness (QED) is 0.226. The number of aromatic nitrogens is 4. The average molecular weight is 481 g/mol. The van der Waals surface area contributed by atoms with Crippen molar-refractivity contribution >= 4 is 40.6 Å². The van der Waals surface area contributed by atoms with Crippen LogP contribution in [0.3, 0.4) is 0 Å². The normalized spacial score (nSPS) is 10.7. The summed E-state index contributed by atoms with van der Waals surface area (Å²) in [6.45, 7) is 2.00. The first-order valence-electron chi connectivity index (χ1n) is 9.72. The van der Waals surface area contributed by atoms with Crippen LogP contribution in [0, 0.1) is 17.0 Å². The van der Waals surface area contributed by atoms with Crippen LogP contribution in [0.4, 0.5) is 11.4 Å². The van der Waals surface area contributed by atoms with Gasteiger partial charge < -0.3 is 5.32 Å². The van der Waals surface area contributed by atoms with Gasteiger partial charge in [-0.1, -0.05) is 41.1 Å². The molecule has 4 aromatic rings. The SMILES string of the molecule is Cc1ccc(-n2c(SCC(=O)Nc3ccc(Cl)c([N+](=O)[O-])c3)nnc2-c2ccncc2)cc1. The molecule has 0 fully saturated rings. The van der Waals surface area contributed by atoms with Crippen molar-refractivity contribution in [2.75, 3.05) is 11.1 Å². The number of anilines is 1. The Morgan fingerprint density at radius 2 is 1.85 bits per heavy atom. The Morgan fingerprint density at radius 1 is 1.12 bits per heavy atom. The molecule has 0 saturated carbocycles. The van der Waals surface area contributed by atoms with Crippen LogP contribution in [0.2, 0.25) is 5.02 Å². The summed E-state index contributed by atoms with van der Waals surface area (Å²) < 4.78 is 1.87. The number of carbonyl (C=O) groups excluding carboxylic acids is 1. The molecule has 0 atom stereocenters. The van der Waals surface area contributed by atoms with Crippen molar-refractivity contribution in [1.29, 1.82) is 0 Å². The summed E-state index contributed by atoms with van der Waals surface area (Å²) in [5, 5.41) is 22.9. The van der Waals surface area contributed by atoms with E-state index in [1.165, 1.54) is 30.0 Å². The first-order valence-corrected chi connectivity index (χ1v) is 11.1. The van der Waals surface area contributed by atoms with E-state index < -0.39 is 4.92 Å². The average Bonchev–Trinajstić information content (AvgIpc) is 3.24. The second-order valence-electron chi connectivity index (χ2n) is 6.97. The molecule has 0 saturated heterocycles. The minimum absolute atomic E-state index is 0.00205. The lowest BCUT2D eigenvalue weighted by Crippen LogP contribution is -2.14. The molecule has 9 nitrogen and oxygen atoms in total. The number of hydrogen-bond donors (Lipinski definition) is 1. The monoisotopic (exact) mass is 480 g/mol. The van der Waals surface area contributed by atoms with Crippen LogP contribution in [0.1, 0.15) is 5.56 Å². The van der Waals surface area contributed by atoms with E-state index in [1.807, 2.05) is 47.9 Å². The molecule has 0 bridgehead atoms. The van der Waals surface area contributed by atoms with Crippen LogP contribution >= 0.6 is 23.4 Å². The number of nitro benzene ring substituents is 1. The molecule has 1 N–H and O–H groups in total. The molecule has 0 radical (unpaired) electrons. The van der Waals surface area contributed by atoms with E-state index in [9.17, 15) is 14.9 Å². The second-order valence-corrected chi connectivity index (χ2v) is 8.32. The highest BCUT2D eigenvalue weighted by Crippen LogP contribution is 2.29. The van der Waals surface area contributed by atoms with Gasteiger partial charge in [0.25, 0.3) is 5.69 Å². The number of thioether (sulfide) groups is 1. The molecule has 11 heteroatoms. The van der Waals surface area contributed by atoms with Crippen LogP contribution in [0.25, 0.3) is 17.1 Å². The topological polar surface area (TPSA) is 116 Å². The molecule has 0 spiro atoms. The molecular formula is C22H17ClN6O3S. The van der Waals surface area contributed by atoms with Gasteiger partial charge in [0.1, 0.15) is 5.02 Å². The third-order valence-corrected chi connectivity index (χ3v) is 5.87. The number of rotatable bonds is 7. The lowest BCUT2D eigenvalue weighted by molar-refractivity contribution is -0.384. The van der Waals surface area contributed by atoms with Gasteiger partial charge in [0, 0.05) is 35.4 Å². The molecule has 33 heavy (non-hydrogen) atoms. The highest BCUT2D eigenvalue weighted by atomic mass is 35.5. The van der Waals surface area contributed by atoms with E-state index >= 15 is 0 Å². The minimum Gasteiger partial charge on any atom is -0.325 e. The van der Waals surface area contributed by atoms with E-state index in [4.69, 9.17) is 11.6 Å². The van der Waals surface area contributed by atoms with Gasteiger partial charge in [0.05, 0.1) is 10.7 Å². The number of halogens is 1. The lowest BCUT2D eigenvalue weighted by Gasteiger charge is -2.11. The van der Waals surface area contributed by atoms with Gasteiger partial charge in [0.15, 0.2) is 11.0 Å². The number of nitro groups is 1. The Bertz CT molecular complexity index is 1310.